The summed E-state index contributed by atoms with van der Waals surface area (Å²) in [6.07, 6.45) is 3.47. The zero-order valence-electron chi connectivity index (χ0n) is 17.4. The Morgan fingerprint density at radius 3 is 2.93 bits per heavy atom. The summed E-state index contributed by atoms with van der Waals surface area (Å²) in [4.78, 5) is 6.77. The van der Waals surface area contributed by atoms with Gasteiger partial charge in [0.15, 0.2) is 17.6 Å². The van der Waals surface area contributed by atoms with Gasteiger partial charge in [-0.25, -0.2) is 8.78 Å². The number of nitrogens with one attached hydrogen (secondary N) is 2. The van der Waals surface area contributed by atoms with Crippen LogP contribution in [0, 0.1) is 17.6 Å². The number of benzene rings is 1. The molecule has 30 heavy (non-hydrogen) atoms. The Bertz CT molecular complexity index is 798. The maximum Gasteiger partial charge on any atom is 0.191 e. The number of halogens is 2. The van der Waals surface area contributed by atoms with E-state index in [0.29, 0.717) is 25.7 Å². The Morgan fingerprint density at radius 2 is 2.17 bits per heavy atom. The van der Waals surface area contributed by atoms with E-state index in [1.807, 2.05) is 19.1 Å². The minimum atomic E-state index is -0.813. The quantitative estimate of drug-likeness (QED) is 0.350. The van der Waals surface area contributed by atoms with Crippen LogP contribution < -0.4 is 15.5 Å². The maximum absolute atomic E-state index is 13.5. The van der Waals surface area contributed by atoms with Gasteiger partial charge >= 0.3 is 0 Å². The summed E-state index contributed by atoms with van der Waals surface area (Å²) in [5.41, 5.74) is 0.722. The maximum atomic E-state index is 13.5. The second kappa shape index (κ2) is 11.5. The van der Waals surface area contributed by atoms with Crippen molar-refractivity contribution in [3.63, 3.8) is 0 Å². The van der Waals surface area contributed by atoms with Crippen molar-refractivity contribution in [2.75, 3.05) is 44.2 Å². The molecule has 6 nitrogen and oxygen atoms in total. The molecule has 0 amide bonds. The van der Waals surface area contributed by atoms with E-state index >= 15 is 0 Å². The molecule has 0 bridgehead atoms. The number of hydrogen-bond acceptors (Lipinski definition) is 4. The number of furan rings is 1. The predicted molar refractivity (Wildman–Crippen MR) is 114 cm³/mol. The van der Waals surface area contributed by atoms with Gasteiger partial charge in [-0.15, -0.1) is 0 Å². The predicted octanol–water partition coefficient (Wildman–Crippen LogP) is 3.55. The van der Waals surface area contributed by atoms with Gasteiger partial charge in [-0.05, 0) is 49.9 Å². The van der Waals surface area contributed by atoms with Gasteiger partial charge in [0.2, 0.25) is 0 Å². The van der Waals surface area contributed by atoms with Crippen LogP contribution in [0.25, 0.3) is 0 Å². The smallest absolute Gasteiger partial charge is 0.191 e. The minimum Gasteiger partial charge on any atom is -0.467 e. The Hall–Kier alpha value is -2.61. The lowest BCUT2D eigenvalue weighted by Crippen LogP contribution is -2.38. The van der Waals surface area contributed by atoms with E-state index in [1.54, 1.807) is 12.3 Å². The van der Waals surface area contributed by atoms with Crippen LogP contribution in [0.4, 0.5) is 14.5 Å². The van der Waals surface area contributed by atoms with Gasteiger partial charge in [-0.3, -0.25) is 4.99 Å². The van der Waals surface area contributed by atoms with E-state index in [1.165, 1.54) is 12.1 Å². The lowest BCUT2D eigenvalue weighted by Gasteiger charge is -2.18. The van der Waals surface area contributed by atoms with E-state index < -0.39 is 11.6 Å². The monoisotopic (exact) mass is 420 g/mol. The molecule has 0 aliphatic carbocycles. The Labute approximate surface area is 176 Å². The van der Waals surface area contributed by atoms with Crippen molar-refractivity contribution in [3.8, 4) is 0 Å². The second-order valence-electron chi connectivity index (χ2n) is 7.33. The van der Waals surface area contributed by atoms with Gasteiger partial charge in [0.25, 0.3) is 0 Å². The van der Waals surface area contributed by atoms with Crippen molar-refractivity contribution in [2.45, 2.75) is 26.4 Å². The highest BCUT2D eigenvalue weighted by Crippen LogP contribution is 2.25. The van der Waals surface area contributed by atoms with Crippen LogP contribution in [0.2, 0.25) is 0 Å². The van der Waals surface area contributed by atoms with E-state index in [0.717, 1.165) is 56.4 Å². The standard InChI is InChI=1S/C22H30F2N4O2/c1-2-25-22(26-9-4-11-29-16-19-5-3-12-30-19)27-14-17-8-10-28(15-17)18-6-7-20(23)21(24)13-18/h3,5-7,12-13,17H,2,4,8-11,14-16H2,1H3,(H2,25,26,27). The molecule has 3 rings (SSSR count). The van der Waals surface area contributed by atoms with Crippen molar-refractivity contribution in [2.24, 2.45) is 10.9 Å². The fourth-order valence-electron chi connectivity index (χ4n) is 3.41. The summed E-state index contributed by atoms with van der Waals surface area (Å²) in [7, 11) is 0. The summed E-state index contributed by atoms with van der Waals surface area (Å²) >= 11 is 0. The highest BCUT2D eigenvalue weighted by molar-refractivity contribution is 5.79. The van der Waals surface area contributed by atoms with Crippen LogP contribution >= 0.6 is 0 Å². The van der Waals surface area contributed by atoms with Crippen LogP contribution in [0.15, 0.2) is 46.0 Å². The van der Waals surface area contributed by atoms with Gasteiger partial charge in [-0.2, -0.15) is 0 Å². The molecule has 1 atom stereocenters. The van der Waals surface area contributed by atoms with Gasteiger partial charge < -0.3 is 24.7 Å². The van der Waals surface area contributed by atoms with Gasteiger partial charge in [0.05, 0.1) is 6.26 Å². The normalized spacial score (nSPS) is 16.8. The number of rotatable bonds is 10. The zero-order chi connectivity index (χ0) is 21.2. The van der Waals surface area contributed by atoms with Crippen molar-refractivity contribution < 1.29 is 17.9 Å². The van der Waals surface area contributed by atoms with Gasteiger partial charge in [0, 0.05) is 51.1 Å². The molecule has 1 aliphatic heterocycles. The Balaban J connectivity index is 1.38. The van der Waals surface area contributed by atoms with E-state index in [2.05, 4.69) is 15.5 Å². The van der Waals surface area contributed by atoms with Crippen LogP contribution in [0.5, 0.6) is 0 Å². The molecule has 1 aliphatic rings. The minimum absolute atomic E-state index is 0.380. The summed E-state index contributed by atoms with van der Waals surface area (Å²) < 4.78 is 37.4. The molecule has 1 aromatic heterocycles. The van der Waals surface area contributed by atoms with Gasteiger partial charge in [-0.1, -0.05) is 0 Å². The van der Waals surface area contributed by atoms with Crippen molar-refractivity contribution in [3.05, 3.63) is 54.0 Å². The highest BCUT2D eigenvalue weighted by Gasteiger charge is 2.23. The molecule has 2 aromatic rings. The third kappa shape index (κ3) is 6.73. The molecule has 1 saturated heterocycles. The van der Waals surface area contributed by atoms with Crippen LogP contribution in [0.3, 0.4) is 0 Å². The molecule has 2 heterocycles. The zero-order valence-corrected chi connectivity index (χ0v) is 17.4. The first-order valence-electron chi connectivity index (χ1n) is 10.5. The topological polar surface area (TPSA) is 62.0 Å². The summed E-state index contributed by atoms with van der Waals surface area (Å²) in [6, 6.07) is 7.82. The second-order valence-corrected chi connectivity index (χ2v) is 7.33. The molecule has 0 spiro atoms. The molecule has 0 saturated carbocycles. The number of aliphatic imine (C=N–C) groups is 1. The van der Waals surface area contributed by atoms with Crippen molar-refractivity contribution in [1.82, 2.24) is 10.6 Å². The molecule has 1 aromatic carbocycles. The van der Waals surface area contributed by atoms with Gasteiger partial charge in [0.1, 0.15) is 12.4 Å². The van der Waals surface area contributed by atoms with E-state index in [9.17, 15) is 8.78 Å². The largest absolute Gasteiger partial charge is 0.467 e. The number of anilines is 1. The average Bonchev–Trinajstić information content (AvgIpc) is 3.43. The third-order valence-corrected chi connectivity index (χ3v) is 4.99. The van der Waals surface area contributed by atoms with E-state index in [-0.39, 0.29) is 0 Å². The number of nitrogens with zero attached hydrogens (tertiary/aromatic N) is 2. The summed E-state index contributed by atoms with van der Waals surface area (Å²) in [6.45, 7) is 6.99. The molecule has 1 unspecified atom stereocenters. The molecular weight excluding hydrogens is 390 g/mol. The molecule has 0 radical (unpaired) electrons. The average molecular weight is 421 g/mol. The molecule has 1 fully saturated rings. The number of ether oxygens (including phenoxy) is 1. The van der Waals surface area contributed by atoms with E-state index in [4.69, 9.17) is 14.1 Å². The number of hydrogen-bond donors (Lipinski definition) is 2. The molecule has 164 valence electrons. The lowest BCUT2D eigenvalue weighted by atomic mass is 10.1. The number of guanidine groups is 1. The fourth-order valence-corrected chi connectivity index (χ4v) is 3.41. The Morgan fingerprint density at radius 1 is 1.27 bits per heavy atom. The first-order chi connectivity index (χ1) is 14.7. The van der Waals surface area contributed by atoms with Crippen LogP contribution in [0.1, 0.15) is 25.5 Å². The van der Waals surface area contributed by atoms with Crippen molar-refractivity contribution >= 4 is 11.6 Å². The highest BCUT2D eigenvalue weighted by atomic mass is 19.2. The summed E-state index contributed by atoms with van der Waals surface area (Å²) in [5, 5.41) is 6.58. The first kappa shape index (κ1) is 22.1. The van der Waals surface area contributed by atoms with Crippen LogP contribution in [-0.4, -0.2) is 45.3 Å². The fraction of sp³-hybridized carbons (Fsp3) is 0.500. The van der Waals surface area contributed by atoms with Crippen LogP contribution in [-0.2, 0) is 11.3 Å². The molecule has 8 heteroatoms. The molecule has 2 N–H and O–H groups in total. The summed E-state index contributed by atoms with van der Waals surface area (Å²) in [5.74, 6) is 0.374. The first-order valence-corrected chi connectivity index (χ1v) is 10.5. The lowest BCUT2D eigenvalue weighted by molar-refractivity contribution is 0.105. The third-order valence-electron chi connectivity index (χ3n) is 4.99. The SMILES string of the molecule is CCNC(=NCC1CCN(c2ccc(F)c(F)c2)C1)NCCCOCc1ccco1. The van der Waals surface area contributed by atoms with Crippen molar-refractivity contribution in [1.29, 1.82) is 0 Å². The molecular formula is C22H30F2N4O2. The Kier molecular flexibility index (Phi) is 8.50.